The van der Waals surface area contributed by atoms with E-state index >= 15 is 0 Å². The summed E-state index contributed by atoms with van der Waals surface area (Å²) >= 11 is 15.7. The number of imide groups is 1. The third-order valence-corrected chi connectivity index (χ3v) is 7.60. The summed E-state index contributed by atoms with van der Waals surface area (Å²) in [4.78, 5) is 34.5. The number of para-hydroxylation sites is 1. The molecule has 0 spiro atoms. The van der Waals surface area contributed by atoms with Crippen molar-refractivity contribution in [2.75, 3.05) is 9.96 Å². The van der Waals surface area contributed by atoms with Crippen LogP contribution in [0.25, 0.3) is 11.3 Å². The highest BCUT2D eigenvalue weighted by Crippen LogP contribution is 2.48. The van der Waals surface area contributed by atoms with Crippen LogP contribution in [0.3, 0.4) is 0 Å². The second kappa shape index (κ2) is 9.09. The molecule has 2 fully saturated rings. The maximum Gasteiger partial charge on any atom is 0.266 e. The zero-order valence-electron chi connectivity index (χ0n) is 18.5. The van der Waals surface area contributed by atoms with Crippen LogP contribution in [-0.2, 0) is 14.4 Å². The summed E-state index contributed by atoms with van der Waals surface area (Å²) < 4.78 is 7.21. The van der Waals surface area contributed by atoms with Crippen LogP contribution in [0.2, 0.25) is 10.0 Å². The molecule has 0 bridgehead atoms. The van der Waals surface area contributed by atoms with E-state index in [0.717, 1.165) is 14.9 Å². The van der Waals surface area contributed by atoms with Crippen molar-refractivity contribution in [2.45, 2.75) is 12.1 Å². The lowest BCUT2D eigenvalue weighted by molar-refractivity contribution is -0.126. The Labute approximate surface area is 225 Å². The van der Waals surface area contributed by atoms with Gasteiger partial charge in [-0.1, -0.05) is 69.5 Å². The molecule has 0 N–H and O–H groups in total. The van der Waals surface area contributed by atoms with E-state index in [-0.39, 0.29) is 5.02 Å². The third-order valence-electron chi connectivity index (χ3n) is 6.33. The molecule has 180 valence electrons. The number of benzene rings is 3. The molecule has 0 aliphatic carbocycles. The van der Waals surface area contributed by atoms with Crippen LogP contribution in [0.1, 0.15) is 11.8 Å². The van der Waals surface area contributed by atoms with E-state index in [9.17, 15) is 9.59 Å². The number of hydrogen-bond donors (Lipinski definition) is 0. The molecule has 3 heterocycles. The van der Waals surface area contributed by atoms with E-state index in [2.05, 4.69) is 15.9 Å². The molecule has 6 nitrogen and oxygen atoms in total. The SMILES string of the molecule is O=C1C2ON(c3ccccc3)C(c3ccc(-c4ccc(Br)cc4)o3)C2C(=O)N1c1ccc(Cl)c(Cl)c1. The highest BCUT2D eigenvalue weighted by molar-refractivity contribution is 9.10. The highest BCUT2D eigenvalue weighted by atomic mass is 79.9. The first kappa shape index (κ1) is 23.3. The maximum atomic E-state index is 13.7. The quantitative estimate of drug-likeness (QED) is 0.240. The van der Waals surface area contributed by atoms with E-state index in [0.29, 0.717) is 27.9 Å². The maximum absolute atomic E-state index is 13.7. The van der Waals surface area contributed by atoms with Gasteiger partial charge in [-0.3, -0.25) is 14.4 Å². The molecule has 4 aromatic rings. The van der Waals surface area contributed by atoms with Crippen molar-refractivity contribution in [3.05, 3.63) is 105 Å². The Bertz CT molecular complexity index is 1470. The number of carbonyl (C=O) groups is 2. The number of nitrogens with zero attached hydrogens (tertiary/aromatic N) is 2. The van der Waals surface area contributed by atoms with E-state index < -0.39 is 29.9 Å². The zero-order valence-corrected chi connectivity index (χ0v) is 21.6. The normalized spacial score (nSPS) is 21.4. The van der Waals surface area contributed by atoms with Crippen molar-refractivity contribution < 1.29 is 18.8 Å². The lowest BCUT2D eigenvalue weighted by Crippen LogP contribution is -2.37. The van der Waals surface area contributed by atoms with Gasteiger partial charge in [0.15, 0.2) is 6.10 Å². The summed E-state index contributed by atoms with van der Waals surface area (Å²) in [6, 6.07) is 24.7. The number of hydroxylamine groups is 1. The molecule has 1 aromatic heterocycles. The Morgan fingerprint density at radius 1 is 0.778 bits per heavy atom. The first-order valence-electron chi connectivity index (χ1n) is 11.1. The molecule has 2 aliphatic rings. The Balaban J connectivity index is 1.41. The van der Waals surface area contributed by atoms with Crippen LogP contribution >= 0.6 is 39.1 Å². The van der Waals surface area contributed by atoms with Gasteiger partial charge in [-0.15, -0.1) is 0 Å². The second-order valence-electron chi connectivity index (χ2n) is 8.48. The van der Waals surface area contributed by atoms with Gasteiger partial charge in [-0.25, -0.2) is 9.96 Å². The van der Waals surface area contributed by atoms with Gasteiger partial charge in [0.05, 0.1) is 21.4 Å². The number of rotatable bonds is 4. The minimum atomic E-state index is -1.02. The predicted octanol–water partition coefficient (Wildman–Crippen LogP) is 7.07. The average molecular weight is 584 g/mol. The second-order valence-corrected chi connectivity index (χ2v) is 10.2. The topological polar surface area (TPSA) is 63.0 Å². The molecule has 0 radical (unpaired) electrons. The predicted molar refractivity (Wildman–Crippen MR) is 141 cm³/mol. The van der Waals surface area contributed by atoms with Crippen LogP contribution in [0.4, 0.5) is 11.4 Å². The number of hydrogen-bond acceptors (Lipinski definition) is 5. The van der Waals surface area contributed by atoms with E-state index in [1.54, 1.807) is 17.2 Å². The molecular formula is C27H17BrCl2N2O4. The Morgan fingerprint density at radius 3 is 2.25 bits per heavy atom. The fourth-order valence-electron chi connectivity index (χ4n) is 4.66. The van der Waals surface area contributed by atoms with Crippen molar-refractivity contribution in [2.24, 2.45) is 5.92 Å². The number of carbonyl (C=O) groups excluding carboxylic acids is 2. The van der Waals surface area contributed by atoms with Crippen LogP contribution in [-0.4, -0.2) is 17.9 Å². The van der Waals surface area contributed by atoms with Crippen LogP contribution in [0.15, 0.2) is 93.8 Å². The van der Waals surface area contributed by atoms with Crippen LogP contribution in [0, 0.1) is 5.92 Å². The fraction of sp³-hybridized carbons (Fsp3) is 0.111. The van der Waals surface area contributed by atoms with Crippen molar-refractivity contribution in [3.63, 3.8) is 0 Å². The smallest absolute Gasteiger partial charge is 0.266 e. The standard InChI is InChI=1S/C27H17BrCl2N2O4/c28-16-8-6-15(7-9-16)21-12-13-22(35-21)24-23-25(36-32(24)17-4-2-1-3-5-17)27(34)31(26(23)33)18-10-11-19(29)20(30)14-18/h1-14,23-25H. The summed E-state index contributed by atoms with van der Waals surface area (Å²) in [5.74, 6) is -0.524. The zero-order chi connectivity index (χ0) is 25.0. The minimum Gasteiger partial charge on any atom is -0.459 e. The van der Waals surface area contributed by atoms with E-state index in [1.807, 2.05) is 66.7 Å². The molecule has 3 atom stereocenters. The van der Waals surface area contributed by atoms with Crippen molar-refractivity contribution in [1.29, 1.82) is 0 Å². The van der Waals surface area contributed by atoms with Crippen molar-refractivity contribution >= 4 is 62.3 Å². The first-order valence-corrected chi connectivity index (χ1v) is 12.7. The lowest BCUT2D eigenvalue weighted by Gasteiger charge is -2.27. The van der Waals surface area contributed by atoms with Crippen LogP contribution < -0.4 is 9.96 Å². The molecule has 36 heavy (non-hydrogen) atoms. The molecule has 6 rings (SSSR count). The first-order chi connectivity index (χ1) is 17.4. The fourth-order valence-corrected chi connectivity index (χ4v) is 5.22. The minimum absolute atomic E-state index is 0.250. The van der Waals surface area contributed by atoms with Gasteiger partial charge in [0.25, 0.3) is 5.91 Å². The molecule has 9 heteroatoms. The lowest BCUT2D eigenvalue weighted by atomic mass is 9.94. The monoisotopic (exact) mass is 582 g/mol. The summed E-state index contributed by atoms with van der Waals surface area (Å²) in [7, 11) is 0. The van der Waals surface area contributed by atoms with Gasteiger partial charge < -0.3 is 4.42 Å². The molecule has 3 aromatic carbocycles. The van der Waals surface area contributed by atoms with Gasteiger partial charge in [-0.2, -0.15) is 0 Å². The summed E-state index contributed by atoms with van der Waals surface area (Å²) in [6.07, 6.45) is -1.02. The van der Waals surface area contributed by atoms with Crippen molar-refractivity contribution in [3.8, 4) is 11.3 Å². The number of furan rings is 1. The van der Waals surface area contributed by atoms with E-state index in [4.69, 9.17) is 32.5 Å². The highest BCUT2D eigenvalue weighted by Gasteiger charge is 2.61. The summed E-state index contributed by atoms with van der Waals surface area (Å²) in [5, 5.41) is 2.18. The van der Waals surface area contributed by atoms with E-state index in [1.165, 1.54) is 6.07 Å². The summed E-state index contributed by atoms with van der Waals surface area (Å²) in [6.45, 7) is 0. The average Bonchev–Trinajstić information content (AvgIpc) is 3.57. The van der Waals surface area contributed by atoms with Gasteiger partial charge in [-0.05, 0) is 54.6 Å². The molecule has 2 amide bonds. The Kier molecular flexibility index (Phi) is 5.88. The molecule has 2 aliphatic heterocycles. The molecular weight excluding hydrogens is 567 g/mol. The van der Waals surface area contributed by atoms with Crippen molar-refractivity contribution in [1.82, 2.24) is 0 Å². The van der Waals surface area contributed by atoms with Gasteiger partial charge in [0.2, 0.25) is 5.91 Å². The van der Waals surface area contributed by atoms with Gasteiger partial charge in [0.1, 0.15) is 23.5 Å². The number of fused-ring (bicyclic) bond motifs is 1. The largest absolute Gasteiger partial charge is 0.459 e. The van der Waals surface area contributed by atoms with Crippen LogP contribution in [0.5, 0.6) is 0 Å². The molecule has 3 unspecified atom stereocenters. The summed E-state index contributed by atoms with van der Waals surface area (Å²) in [5.41, 5.74) is 1.94. The number of amides is 2. The van der Waals surface area contributed by atoms with Gasteiger partial charge in [0, 0.05) is 10.0 Å². The Hall–Kier alpha value is -3.10. The van der Waals surface area contributed by atoms with Gasteiger partial charge >= 0.3 is 0 Å². The number of halogens is 3. The molecule has 2 saturated heterocycles. The third kappa shape index (κ3) is 3.83. The number of anilines is 2. The Morgan fingerprint density at radius 2 is 1.53 bits per heavy atom. The molecule has 0 saturated carbocycles.